The lowest BCUT2D eigenvalue weighted by molar-refractivity contribution is -0.139. The Morgan fingerprint density at radius 3 is 2.77 bits per heavy atom. The van der Waals surface area contributed by atoms with Crippen LogP contribution < -0.4 is 10.6 Å². The van der Waals surface area contributed by atoms with Gasteiger partial charge in [0.05, 0.1) is 5.02 Å². The standard InChI is InChI=1S/C19H20ClF3N6O/c1-10(2)5-14(18(30)27-9-19(21,22)23)28-15-3-4-24-17(29-15)13-8-26-16-12(13)6-11(20)7-25-16/h3-4,6-8,10,14H,5,9H2,1-2H3,(H,25,26)(H,27,30)(H,24,28,29). The number of halogens is 4. The number of aromatic nitrogens is 4. The first-order valence-corrected chi connectivity index (χ1v) is 9.57. The molecular weight excluding hydrogens is 421 g/mol. The number of amides is 1. The van der Waals surface area contributed by atoms with E-state index in [9.17, 15) is 18.0 Å². The molecule has 3 aromatic rings. The molecule has 0 saturated carbocycles. The van der Waals surface area contributed by atoms with E-state index in [0.717, 1.165) is 5.39 Å². The van der Waals surface area contributed by atoms with E-state index < -0.39 is 24.7 Å². The number of aromatic amines is 1. The summed E-state index contributed by atoms with van der Waals surface area (Å²) in [5.41, 5.74) is 1.27. The largest absolute Gasteiger partial charge is 0.405 e. The second kappa shape index (κ2) is 8.86. The molecule has 7 nitrogen and oxygen atoms in total. The SMILES string of the molecule is CC(C)CC(Nc1ccnc(-c2c[nH]c3ncc(Cl)cc23)n1)C(=O)NCC(F)(F)F. The number of nitrogens with one attached hydrogen (secondary N) is 3. The van der Waals surface area contributed by atoms with Crippen LogP contribution in [-0.2, 0) is 4.79 Å². The van der Waals surface area contributed by atoms with Gasteiger partial charge in [0, 0.05) is 29.5 Å². The number of hydrogen-bond acceptors (Lipinski definition) is 5. The van der Waals surface area contributed by atoms with Crippen molar-refractivity contribution >= 4 is 34.4 Å². The maximum Gasteiger partial charge on any atom is 0.405 e. The number of fused-ring (bicyclic) bond motifs is 1. The highest BCUT2D eigenvalue weighted by Crippen LogP contribution is 2.27. The van der Waals surface area contributed by atoms with Gasteiger partial charge in [-0.1, -0.05) is 25.4 Å². The summed E-state index contributed by atoms with van der Waals surface area (Å²) in [4.78, 5) is 28.2. The predicted octanol–water partition coefficient (Wildman–Crippen LogP) is 4.18. The Hall–Kier alpha value is -2.88. The number of carbonyl (C=O) groups is 1. The van der Waals surface area contributed by atoms with Crippen molar-refractivity contribution in [2.45, 2.75) is 32.5 Å². The van der Waals surface area contributed by atoms with Crippen molar-refractivity contribution in [3.63, 3.8) is 0 Å². The topological polar surface area (TPSA) is 95.6 Å². The van der Waals surface area contributed by atoms with E-state index in [0.29, 0.717) is 34.3 Å². The Morgan fingerprint density at radius 1 is 1.30 bits per heavy atom. The average Bonchev–Trinajstić information content (AvgIpc) is 3.08. The van der Waals surface area contributed by atoms with Crippen LogP contribution in [-0.4, -0.2) is 44.6 Å². The van der Waals surface area contributed by atoms with Crippen molar-refractivity contribution in [3.8, 4) is 11.4 Å². The van der Waals surface area contributed by atoms with Crippen LogP contribution in [0.4, 0.5) is 19.0 Å². The molecule has 3 rings (SSSR count). The van der Waals surface area contributed by atoms with Crippen molar-refractivity contribution in [1.82, 2.24) is 25.3 Å². The number of hydrogen-bond donors (Lipinski definition) is 3. The molecule has 0 aliphatic carbocycles. The van der Waals surface area contributed by atoms with Crippen molar-refractivity contribution in [3.05, 3.63) is 35.7 Å². The lowest BCUT2D eigenvalue weighted by atomic mass is 10.0. The summed E-state index contributed by atoms with van der Waals surface area (Å²) in [6.45, 7) is 2.36. The van der Waals surface area contributed by atoms with Crippen molar-refractivity contribution in [1.29, 1.82) is 0 Å². The molecular formula is C19H20ClF3N6O. The highest BCUT2D eigenvalue weighted by Gasteiger charge is 2.30. The Labute approximate surface area is 175 Å². The minimum absolute atomic E-state index is 0.0716. The number of rotatable bonds is 7. The number of anilines is 1. The molecule has 0 fully saturated rings. The fraction of sp³-hybridized carbons (Fsp3) is 0.368. The normalized spacial score (nSPS) is 12.9. The predicted molar refractivity (Wildman–Crippen MR) is 108 cm³/mol. The second-order valence-corrected chi connectivity index (χ2v) is 7.61. The monoisotopic (exact) mass is 440 g/mol. The molecule has 0 spiro atoms. The summed E-state index contributed by atoms with van der Waals surface area (Å²) in [5, 5.41) is 6.03. The van der Waals surface area contributed by atoms with Gasteiger partial charge in [-0.05, 0) is 24.5 Å². The van der Waals surface area contributed by atoms with Gasteiger partial charge in [0.2, 0.25) is 5.91 Å². The van der Waals surface area contributed by atoms with Gasteiger partial charge in [-0.3, -0.25) is 4.79 Å². The Bertz CT molecular complexity index is 1040. The fourth-order valence-corrected chi connectivity index (χ4v) is 3.08. The maximum atomic E-state index is 12.5. The molecule has 1 unspecified atom stereocenters. The van der Waals surface area contributed by atoms with E-state index in [-0.39, 0.29) is 5.92 Å². The van der Waals surface area contributed by atoms with Crippen LogP contribution >= 0.6 is 11.6 Å². The van der Waals surface area contributed by atoms with Gasteiger partial charge in [0.1, 0.15) is 24.1 Å². The molecule has 30 heavy (non-hydrogen) atoms. The molecule has 0 bridgehead atoms. The molecule has 1 amide bonds. The molecule has 0 radical (unpaired) electrons. The summed E-state index contributed by atoms with van der Waals surface area (Å²) < 4.78 is 37.4. The van der Waals surface area contributed by atoms with E-state index >= 15 is 0 Å². The van der Waals surface area contributed by atoms with Gasteiger partial charge >= 0.3 is 6.18 Å². The van der Waals surface area contributed by atoms with Crippen LogP contribution in [0.2, 0.25) is 5.02 Å². The zero-order chi connectivity index (χ0) is 21.9. The molecule has 11 heteroatoms. The Kier molecular flexibility index (Phi) is 6.45. The highest BCUT2D eigenvalue weighted by atomic mass is 35.5. The number of carbonyl (C=O) groups excluding carboxylic acids is 1. The van der Waals surface area contributed by atoms with Crippen LogP contribution in [0.15, 0.2) is 30.7 Å². The average molecular weight is 441 g/mol. The molecule has 0 aliphatic heterocycles. The number of H-pyrrole nitrogens is 1. The summed E-state index contributed by atoms with van der Waals surface area (Å²) in [7, 11) is 0. The highest BCUT2D eigenvalue weighted by molar-refractivity contribution is 6.31. The van der Waals surface area contributed by atoms with Crippen molar-refractivity contribution < 1.29 is 18.0 Å². The summed E-state index contributed by atoms with van der Waals surface area (Å²) in [6.07, 6.45) is 0.551. The van der Waals surface area contributed by atoms with Crippen molar-refractivity contribution in [2.24, 2.45) is 5.92 Å². The van der Waals surface area contributed by atoms with Gasteiger partial charge in [-0.15, -0.1) is 0 Å². The third-order valence-electron chi connectivity index (χ3n) is 4.20. The van der Waals surface area contributed by atoms with E-state index in [1.807, 2.05) is 19.2 Å². The van der Waals surface area contributed by atoms with E-state index in [1.54, 1.807) is 18.3 Å². The van der Waals surface area contributed by atoms with Crippen LogP contribution in [0.25, 0.3) is 22.4 Å². The maximum absolute atomic E-state index is 12.5. The van der Waals surface area contributed by atoms with Gasteiger partial charge < -0.3 is 15.6 Å². The molecule has 160 valence electrons. The van der Waals surface area contributed by atoms with Crippen LogP contribution in [0.3, 0.4) is 0 Å². The number of nitrogens with zero attached hydrogens (tertiary/aromatic N) is 3. The van der Waals surface area contributed by atoms with Crippen molar-refractivity contribution in [2.75, 3.05) is 11.9 Å². The second-order valence-electron chi connectivity index (χ2n) is 7.18. The zero-order valence-corrected chi connectivity index (χ0v) is 17.0. The summed E-state index contributed by atoms with van der Waals surface area (Å²) >= 11 is 6.03. The Balaban J connectivity index is 1.83. The molecule has 3 heterocycles. The minimum atomic E-state index is -4.48. The van der Waals surface area contributed by atoms with Crippen LogP contribution in [0, 0.1) is 5.92 Å². The van der Waals surface area contributed by atoms with Gasteiger partial charge in [0.15, 0.2) is 5.82 Å². The molecule has 0 aliphatic rings. The molecule has 3 aromatic heterocycles. The zero-order valence-electron chi connectivity index (χ0n) is 16.2. The van der Waals surface area contributed by atoms with E-state index in [4.69, 9.17) is 11.6 Å². The molecule has 3 N–H and O–H groups in total. The quantitative estimate of drug-likeness (QED) is 0.512. The van der Waals surface area contributed by atoms with Crippen LogP contribution in [0.5, 0.6) is 0 Å². The lowest BCUT2D eigenvalue weighted by Gasteiger charge is -2.21. The molecule has 0 saturated heterocycles. The summed E-state index contributed by atoms with van der Waals surface area (Å²) in [6, 6.07) is 2.40. The van der Waals surface area contributed by atoms with Gasteiger partial charge in [0.25, 0.3) is 0 Å². The number of alkyl halides is 3. The number of pyridine rings is 1. The smallest absolute Gasteiger partial charge is 0.358 e. The third kappa shape index (κ3) is 5.59. The van der Waals surface area contributed by atoms with E-state index in [1.165, 1.54) is 12.4 Å². The first kappa shape index (κ1) is 21.8. The minimum Gasteiger partial charge on any atom is -0.358 e. The first-order chi connectivity index (χ1) is 14.1. The fourth-order valence-electron chi connectivity index (χ4n) is 2.92. The third-order valence-corrected chi connectivity index (χ3v) is 4.41. The molecule has 0 aromatic carbocycles. The lowest BCUT2D eigenvalue weighted by Crippen LogP contribution is -2.44. The van der Waals surface area contributed by atoms with Gasteiger partial charge in [-0.25, -0.2) is 15.0 Å². The Morgan fingerprint density at radius 2 is 2.07 bits per heavy atom. The van der Waals surface area contributed by atoms with Gasteiger partial charge in [-0.2, -0.15) is 13.2 Å². The van der Waals surface area contributed by atoms with E-state index in [2.05, 4.69) is 25.3 Å². The van der Waals surface area contributed by atoms with Crippen LogP contribution in [0.1, 0.15) is 20.3 Å². The summed E-state index contributed by atoms with van der Waals surface area (Å²) in [5.74, 6) is -0.00185. The molecule has 1 atom stereocenters. The first-order valence-electron chi connectivity index (χ1n) is 9.19.